The van der Waals surface area contributed by atoms with E-state index in [2.05, 4.69) is 4.98 Å². The summed E-state index contributed by atoms with van der Waals surface area (Å²) in [6.45, 7) is 0. The molecule has 0 saturated heterocycles. The Bertz CT molecular complexity index is 414. The molecule has 0 N–H and O–H groups in total. The van der Waals surface area contributed by atoms with Gasteiger partial charge in [0.05, 0.1) is 17.3 Å². The van der Waals surface area contributed by atoms with E-state index in [1.165, 1.54) is 0 Å². The first-order valence-corrected chi connectivity index (χ1v) is 3.78. The van der Waals surface area contributed by atoms with E-state index in [0.717, 1.165) is 0 Å². The van der Waals surface area contributed by atoms with Gasteiger partial charge in [0.15, 0.2) is 12.1 Å². The van der Waals surface area contributed by atoms with Crippen molar-refractivity contribution in [1.29, 1.82) is 0 Å². The Balaban J connectivity index is 3.62. The minimum atomic E-state index is -5.27. The van der Waals surface area contributed by atoms with Crippen LogP contribution in [0, 0.1) is 5.82 Å². The number of hydrogen-bond donors (Lipinski definition) is 0. The summed E-state index contributed by atoms with van der Waals surface area (Å²) in [6.07, 6.45) is -9.15. The number of halogens is 6. The second-order valence-corrected chi connectivity index (χ2v) is 2.70. The molecule has 0 aliphatic rings. The van der Waals surface area contributed by atoms with Crippen molar-refractivity contribution in [3.05, 3.63) is 28.8 Å². The third kappa shape index (κ3) is 2.15. The number of carbonyl (C=O) groups is 1. The third-order valence-electron chi connectivity index (χ3n) is 1.71. The summed E-state index contributed by atoms with van der Waals surface area (Å²) < 4.78 is 74.3. The van der Waals surface area contributed by atoms with Crippen molar-refractivity contribution in [2.75, 3.05) is 0 Å². The molecule has 0 aliphatic carbocycles. The summed E-state index contributed by atoms with van der Waals surface area (Å²) in [7, 11) is 0. The molecule has 0 spiro atoms. The van der Waals surface area contributed by atoms with Gasteiger partial charge in [-0.1, -0.05) is 0 Å². The molecule has 0 atom stereocenters. The van der Waals surface area contributed by atoms with Crippen molar-refractivity contribution in [2.45, 2.75) is 12.6 Å². The lowest BCUT2D eigenvalue weighted by Gasteiger charge is -2.14. The lowest BCUT2D eigenvalue weighted by atomic mass is 10.1. The van der Waals surface area contributed by atoms with Crippen molar-refractivity contribution in [2.24, 2.45) is 0 Å². The maximum Gasteiger partial charge on any atom is 0.419 e. The molecule has 1 aromatic heterocycles. The van der Waals surface area contributed by atoms with Gasteiger partial charge in [-0.3, -0.25) is 4.79 Å². The minimum absolute atomic E-state index is 0.153. The number of aldehydes is 1. The fraction of sp³-hybridized carbons (Fsp3) is 0.250. The molecule has 1 aromatic rings. The van der Waals surface area contributed by atoms with Gasteiger partial charge in [0.1, 0.15) is 5.69 Å². The second kappa shape index (κ2) is 4.11. The Morgan fingerprint density at radius 2 is 1.88 bits per heavy atom. The van der Waals surface area contributed by atoms with E-state index in [4.69, 9.17) is 0 Å². The maximum atomic E-state index is 12.8. The number of aromatic nitrogens is 1. The number of rotatable bonds is 2. The quantitative estimate of drug-likeness (QED) is 0.590. The van der Waals surface area contributed by atoms with Crippen molar-refractivity contribution < 1.29 is 31.1 Å². The van der Waals surface area contributed by atoms with E-state index in [9.17, 15) is 31.1 Å². The summed E-state index contributed by atoms with van der Waals surface area (Å²) in [4.78, 5) is 13.0. The highest BCUT2D eigenvalue weighted by Gasteiger charge is 2.40. The highest BCUT2D eigenvalue weighted by molar-refractivity contribution is 5.75. The average Bonchev–Trinajstić information content (AvgIpc) is 2.15. The maximum absolute atomic E-state index is 12.8. The van der Waals surface area contributed by atoms with Crippen molar-refractivity contribution >= 4 is 6.29 Å². The summed E-state index contributed by atoms with van der Waals surface area (Å²) in [5, 5.41) is 0. The molecule has 0 unspecified atom stereocenters. The summed E-state index contributed by atoms with van der Waals surface area (Å²) in [5.41, 5.74) is -5.15. The molecule has 0 amide bonds. The van der Waals surface area contributed by atoms with E-state index < -0.39 is 35.2 Å². The number of hydrogen-bond acceptors (Lipinski definition) is 2. The third-order valence-corrected chi connectivity index (χ3v) is 1.71. The van der Waals surface area contributed by atoms with Crippen LogP contribution in [0.1, 0.15) is 28.0 Å². The fourth-order valence-corrected chi connectivity index (χ4v) is 1.12. The second-order valence-electron chi connectivity index (χ2n) is 2.70. The zero-order chi connectivity index (χ0) is 12.5. The van der Waals surface area contributed by atoms with E-state index in [-0.39, 0.29) is 12.5 Å². The fourth-order valence-electron chi connectivity index (χ4n) is 1.12. The Morgan fingerprint density at radius 1 is 1.31 bits per heavy atom. The molecular formula is C8H3F6NO. The van der Waals surface area contributed by atoms with Gasteiger partial charge in [0.25, 0.3) is 6.43 Å². The van der Waals surface area contributed by atoms with Crippen LogP contribution < -0.4 is 0 Å². The number of nitrogens with zero attached hydrogens (tertiary/aromatic N) is 1. The molecule has 0 aromatic carbocycles. The molecular weight excluding hydrogens is 240 g/mol. The molecule has 88 valence electrons. The average molecular weight is 243 g/mol. The van der Waals surface area contributed by atoms with Gasteiger partial charge < -0.3 is 0 Å². The van der Waals surface area contributed by atoms with Gasteiger partial charge in [0.2, 0.25) is 0 Å². The van der Waals surface area contributed by atoms with Crippen molar-refractivity contribution in [1.82, 2.24) is 4.98 Å². The Morgan fingerprint density at radius 3 is 2.25 bits per heavy atom. The van der Waals surface area contributed by atoms with Gasteiger partial charge in [-0.25, -0.2) is 18.2 Å². The van der Waals surface area contributed by atoms with Gasteiger partial charge >= 0.3 is 6.18 Å². The van der Waals surface area contributed by atoms with Crippen LogP contribution in [0.2, 0.25) is 0 Å². The highest BCUT2D eigenvalue weighted by atomic mass is 19.4. The number of pyridine rings is 1. The molecule has 1 rings (SSSR count). The van der Waals surface area contributed by atoms with Crippen LogP contribution in [0.25, 0.3) is 0 Å². The van der Waals surface area contributed by atoms with Crippen molar-refractivity contribution in [3.8, 4) is 0 Å². The van der Waals surface area contributed by atoms with Crippen LogP contribution >= 0.6 is 0 Å². The predicted molar refractivity (Wildman–Crippen MR) is 39.5 cm³/mol. The van der Waals surface area contributed by atoms with E-state index >= 15 is 0 Å². The molecule has 16 heavy (non-hydrogen) atoms. The van der Waals surface area contributed by atoms with Gasteiger partial charge in [0, 0.05) is 0 Å². The van der Waals surface area contributed by atoms with Crippen LogP contribution in [0.5, 0.6) is 0 Å². The van der Waals surface area contributed by atoms with Crippen LogP contribution in [0.15, 0.2) is 6.20 Å². The van der Waals surface area contributed by atoms with Gasteiger partial charge in [-0.2, -0.15) is 13.2 Å². The molecule has 0 aliphatic heterocycles. The SMILES string of the molecule is O=Cc1ncc(F)c(C(F)F)c1C(F)(F)F. The largest absolute Gasteiger partial charge is 0.419 e. The molecule has 0 bridgehead atoms. The smallest absolute Gasteiger partial charge is 0.296 e. The number of carbonyl (C=O) groups excluding carboxylic acids is 1. The van der Waals surface area contributed by atoms with E-state index in [0.29, 0.717) is 0 Å². The summed E-state index contributed by atoms with van der Waals surface area (Å²) in [5.74, 6) is -1.80. The molecule has 0 radical (unpaired) electrons. The molecule has 0 fully saturated rings. The van der Waals surface area contributed by atoms with Crippen LogP contribution in [-0.2, 0) is 6.18 Å². The minimum Gasteiger partial charge on any atom is -0.296 e. The molecule has 1 heterocycles. The Kier molecular flexibility index (Phi) is 3.20. The van der Waals surface area contributed by atoms with E-state index in [1.807, 2.05) is 0 Å². The van der Waals surface area contributed by atoms with Crippen LogP contribution in [0.4, 0.5) is 26.3 Å². The summed E-state index contributed by atoms with van der Waals surface area (Å²) >= 11 is 0. The monoisotopic (exact) mass is 243 g/mol. The summed E-state index contributed by atoms with van der Waals surface area (Å²) in [6, 6.07) is 0. The Hall–Kier alpha value is -1.60. The van der Waals surface area contributed by atoms with Gasteiger partial charge in [-0.15, -0.1) is 0 Å². The standard InChI is InChI=1S/C8H3F6NO/c9-3-1-15-4(2-16)6(8(12,13)14)5(3)7(10)11/h1-2,7H. The van der Waals surface area contributed by atoms with Crippen molar-refractivity contribution in [3.63, 3.8) is 0 Å². The highest BCUT2D eigenvalue weighted by Crippen LogP contribution is 2.38. The molecule has 8 heteroatoms. The van der Waals surface area contributed by atoms with E-state index in [1.54, 1.807) is 0 Å². The van der Waals surface area contributed by atoms with Crippen LogP contribution in [0.3, 0.4) is 0 Å². The first-order valence-electron chi connectivity index (χ1n) is 3.78. The lowest BCUT2D eigenvalue weighted by Crippen LogP contribution is -2.16. The van der Waals surface area contributed by atoms with Gasteiger partial charge in [-0.05, 0) is 0 Å². The first kappa shape index (κ1) is 12.5. The molecule has 0 saturated carbocycles. The normalized spacial score (nSPS) is 11.9. The predicted octanol–water partition coefficient (Wildman–Crippen LogP) is 2.99. The Labute approximate surface area is 84.9 Å². The first-order chi connectivity index (χ1) is 7.29. The zero-order valence-electron chi connectivity index (χ0n) is 7.36. The number of alkyl halides is 5. The zero-order valence-corrected chi connectivity index (χ0v) is 7.36. The van der Waals surface area contributed by atoms with Crippen LogP contribution in [-0.4, -0.2) is 11.3 Å². The topological polar surface area (TPSA) is 30.0 Å². The molecule has 2 nitrogen and oxygen atoms in total. The lowest BCUT2D eigenvalue weighted by molar-refractivity contribution is -0.140.